The summed E-state index contributed by atoms with van der Waals surface area (Å²) in [5.74, 6) is 1.18. The van der Waals surface area contributed by atoms with Gasteiger partial charge in [-0.05, 0) is 55.7 Å². The number of thiocarbonyl (C=S) groups is 1. The van der Waals surface area contributed by atoms with Crippen molar-refractivity contribution in [1.29, 1.82) is 0 Å². The van der Waals surface area contributed by atoms with Crippen LogP contribution in [0, 0.1) is 6.92 Å². The lowest BCUT2D eigenvalue weighted by atomic mass is 10.1. The standard InChI is InChI=1S/C30H33N3O3S/c1-20-9-8-10-22(15-20)13-14-33(30(37)31-21(2)23-11-6-5-7-12-23)19-25-16-24-17-27(35-3)28(36-4)18-26(24)32-29(25)34/h5-12,15-18,21H,13-14,19H2,1-4H3,(H,31,37)(H,32,34). The molecule has 6 nitrogen and oxygen atoms in total. The van der Waals surface area contributed by atoms with Crippen LogP contribution in [0.25, 0.3) is 10.9 Å². The molecular weight excluding hydrogens is 482 g/mol. The fourth-order valence-electron chi connectivity index (χ4n) is 4.39. The molecule has 1 heterocycles. The van der Waals surface area contributed by atoms with Crippen molar-refractivity contribution >= 4 is 28.2 Å². The first-order valence-corrected chi connectivity index (χ1v) is 12.7. The monoisotopic (exact) mass is 515 g/mol. The van der Waals surface area contributed by atoms with Gasteiger partial charge in [-0.15, -0.1) is 0 Å². The van der Waals surface area contributed by atoms with Gasteiger partial charge in [0, 0.05) is 23.6 Å². The van der Waals surface area contributed by atoms with E-state index in [1.54, 1.807) is 20.3 Å². The van der Waals surface area contributed by atoms with Crippen molar-refractivity contribution in [2.75, 3.05) is 20.8 Å². The van der Waals surface area contributed by atoms with Gasteiger partial charge in [-0.2, -0.15) is 0 Å². The molecule has 2 N–H and O–H groups in total. The Morgan fingerprint density at radius 3 is 2.43 bits per heavy atom. The van der Waals surface area contributed by atoms with Crippen molar-refractivity contribution in [1.82, 2.24) is 15.2 Å². The van der Waals surface area contributed by atoms with Crippen molar-refractivity contribution in [3.63, 3.8) is 0 Å². The van der Waals surface area contributed by atoms with Gasteiger partial charge in [-0.3, -0.25) is 4.79 Å². The molecule has 192 valence electrons. The van der Waals surface area contributed by atoms with E-state index in [1.165, 1.54) is 11.1 Å². The number of aromatic nitrogens is 1. The molecule has 0 fully saturated rings. The number of nitrogens with one attached hydrogen (secondary N) is 2. The zero-order valence-corrected chi connectivity index (χ0v) is 22.5. The fourth-order valence-corrected chi connectivity index (χ4v) is 4.72. The summed E-state index contributed by atoms with van der Waals surface area (Å²) in [6.45, 7) is 5.22. The maximum atomic E-state index is 13.1. The van der Waals surface area contributed by atoms with E-state index < -0.39 is 0 Å². The van der Waals surface area contributed by atoms with E-state index in [0.717, 1.165) is 17.4 Å². The van der Waals surface area contributed by atoms with Gasteiger partial charge >= 0.3 is 0 Å². The molecule has 0 saturated heterocycles. The Balaban J connectivity index is 1.62. The Morgan fingerprint density at radius 2 is 1.73 bits per heavy atom. The predicted octanol–water partition coefficient (Wildman–Crippen LogP) is 5.53. The van der Waals surface area contributed by atoms with Crippen LogP contribution < -0.4 is 20.3 Å². The lowest BCUT2D eigenvalue weighted by molar-refractivity contribution is 0.355. The summed E-state index contributed by atoms with van der Waals surface area (Å²) in [5.41, 5.74) is 4.76. The first-order valence-electron chi connectivity index (χ1n) is 12.3. The van der Waals surface area contributed by atoms with Crippen LogP contribution in [0.5, 0.6) is 11.5 Å². The van der Waals surface area contributed by atoms with Crippen molar-refractivity contribution < 1.29 is 9.47 Å². The molecule has 0 amide bonds. The molecule has 0 aliphatic heterocycles. The van der Waals surface area contributed by atoms with Crippen LogP contribution in [0.2, 0.25) is 0 Å². The number of methoxy groups -OCH3 is 2. The molecule has 0 radical (unpaired) electrons. The number of rotatable bonds is 9. The van der Waals surface area contributed by atoms with E-state index >= 15 is 0 Å². The molecule has 4 aromatic rings. The minimum Gasteiger partial charge on any atom is -0.493 e. The summed E-state index contributed by atoms with van der Waals surface area (Å²) in [7, 11) is 3.17. The summed E-state index contributed by atoms with van der Waals surface area (Å²) in [5, 5.41) is 4.93. The first-order chi connectivity index (χ1) is 17.9. The quantitative estimate of drug-likeness (QED) is 0.286. The molecule has 3 aromatic carbocycles. The van der Waals surface area contributed by atoms with Crippen LogP contribution in [0.4, 0.5) is 0 Å². The number of aromatic amines is 1. The van der Waals surface area contributed by atoms with Gasteiger partial charge in [0.05, 0.1) is 32.3 Å². The van der Waals surface area contributed by atoms with Gasteiger partial charge in [0.25, 0.3) is 5.56 Å². The molecule has 1 aromatic heterocycles. The molecule has 7 heteroatoms. The highest BCUT2D eigenvalue weighted by atomic mass is 32.1. The number of hydrogen-bond acceptors (Lipinski definition) is 4. The van der Waals surface area contributed by atoms with Gasteiger partial charge in [-0.25, -0.2) is 0 Å². The molecule has 0 bridgehead atoms. The summed E-state index contributed by atoms with van der Waals surface area (Å²) in [4.78, 5) is 18.1. The van der Waals surface area contributed by atoms with Crippen LogP contribution in [-0.2, 0) is 13.0 Å². The largest absolute Gasteiger partial charge is 0.493 e. The third-order valence-electron chi connectivity index (χ3n) is 6.47. The second-order valence-corrected chi connectivity index (χ2v) is 9.55. The van der Waals surface area contributed by atoms with Crippen LogP contribution in [0.3, 0.4) is 0 Å². The molecule has 37 heavy (non-hydrogen) atoms. The van der Waals surface area contributed by atoms with Gasteiger partial charge in [-0.1, -0.05) is 60.2 Å². The highest BCUT2D eigenvalue weighted by Crippen LogP contribution is 2.31. The second kappa shape index (κ2) is 11.9. The molecule has 4 rings (SSSR count). The van der Waals surface area contributed by atoms with Gasteiger partial charge in [0.1, 0.15) is 0 Å². The number of hydrogen-bond donors (Lipinski definition) is 2. The lowest BCUT2D eigenvalue weighted by Crippen LogP contribution is -2.42. The van der Waals surface area contributed by atoms with Crippen LogP contribution >= 0.6 is 12.2 Å². The minimum atomic E-state index is -0.154. The zero-order chi connectivity index (χ0) is 26.4. The molecule has 1 atom stereocenters. The highest BCUT2D eigenvalue weighted by molar-refractivity contribution is 7.80. The van der Waals surface area contributed by atoms with Crippen LogP contribution in [-0.4, -0.2) is 35.8 Å². The average Bonchev–Trinajstić information content (AvgIpc) is 2.90. The number of nitrogens with zero attached hydrogens (tertiary/aromatic N) is 1. The third kappa shape index (κ3) is 6.49. The number of aryl methyl sites for hydroxylation is 1. The summed E-state index contributed by atoms with van der Waals surface area (Å²) in [6, 6.07) is 24.2. The number of fused-ring (bicyclic) bond motifs is 1. The van der Waals surface area contributed by atoms with E-state index in [-0.39, 0.29) is 11.6 Å². The Bertz CT molecular complexity index is 1440. The maximum Gasteiger partial charge on any atom is 0.253 e. The minimum absolute atomic E-state index is 0.0294. The number of ether oxygens (including phenoxy) is 2. The van der Waals surface area contributed by atoms with Crippen LogP contribution in [0.1, 0.15) is 35.2 Å². The summed E-state index contributed by atoms with van der Waals surface area (Å²) < 4.78 is 10.8. The SMILES string of the molecule is COc1cc2cc(CN(CCc3cccc(C)c3)C(=S)NC(C)c3ccccc3)c(=O)[nH]c2cc1OC. The van der Waals surface area contributed by atoms with E-state index in [9.17, 15) is 4.79 Å². The van der Waals surface area contributed by atoms with E-state index in [2.05, 4.69) is 65.4 Å². The summed E-state index contributed by atoms with van der Waals surface area (Å²) >= 11 is 5.87. The number of benzene rings is 3. The first kappa shape index (κ1) is 26.2. The van der Waals surface area contributed by atoms with Gasteiger partial charge in [0.15, 0.2) is 16.6 Å². The molecule has 0 spiro atoms. The van der Waals surface area contributed by atoms with Crippen molar-refractivity contribution in [3.8, 4) is 11.5 Å². The predicted molar refractivity (Wildman–Crippen MR) is 154 cm³/mol. The Hall–Kier alpha value is -3.84. The topological polar surface area (TPSA) is 66.6 Å². The van der Waals surface area contributed by atoms with Crippen molar-refractivity contribution in [2.24, 2.45) is 0 Å². The van der Waals surface area contributed by atoms with E-state index in [1.807, 2.05) is 30.3 Å². The van der Waals surface area contributed by atoms with E-state index in [0.29, 0.717) is 40.8 Å². The molecule has 0 aliphatic carbocycles. The zero-order valence-electron chi connectivity index (χ0n) is 21.7. The molecular formula is C30H33N3O3S. The van der Waals surface area contributed by atoms with Crippen LogP contribution in [0.15, 0.2) is 77.6 Å². The highest BCUT2D eigenvalue weighted by Gasteiger charge is 2.17. The lowest BCUT2D eigenvalue weighted by Gasteiger charge is -2.28. The smallest absolute Gasteiger partial charge is 0.253 e. The summed E-state index contributed by atoms with van der Waals surface area (Å²) in [6.07, 6.45) is 0.805. The fraction of sp³-hybridized carbons (Fsp3) is 0.267. The van der Waals surface area contributed by atoms with Crippen molar-refractivity contribution in [3.05, 3.63) is 105 Å². The number of pyridine rings is 1. The molecule has 0 aliphatic rings. The number of H-pyrrole nitrogens is 1. The second-order valence-electron chi connectivity index (χ2n) is 9.16. The average molecular weight is 516 g/mol. The Labute approximate surface area is 223 Å². The Morgan fingerprint density at radius 1 is 1.00 bits per heavy atom. The van der Waals surface area contributed by atoms with Gasteiger partial charge < -0.3 is 24.7 Å². The van der Waals surface area contributed by atoms with Crippen molar-refractivity contribution in [2.45, 2.75) is 32.9 Å². The Kier molecular flexibility index (Phi) is 8.46. The molecule has 1 unspecified atom stereocenters. The normalized spacial score (nSPS) is 11.7. The molecule has 0 saturated carbocycles. The third-order valence-corrected chi connectivity index (χ3v) is 6.84. The van der Waals surface area contributed by atoms with E-state index in [4.69, 9.17) is 21.7 Å². The van der Waals surface area contributed by atoms with Gasteiger partial charge in [0.2, 0.25) is 0 Å². The maximum absolute atomic E-state index is 13.1.